The molecular formula is C22H21N3O3S2. The Kier molecular flexibility index (Phi) is 5.78. The van der Waals surface area contributed by atoms with Gasteiger partial charge in [0, 0.05) is 5.56 Å². The number of amides is 1. The molecule has 4 rings (SSSR count). The summed E-state index contributed by atoms with van der Waals surface area (Å²) in [5.41, 5.74) is 5.16. The van der Waals surface area contributed by atoms with Gasteiger partial charge >= 0.3 is 5.97 Å². The lowest BCUT2D eigenvalue weighted by Gasteiger charge is -2.07. The summed E-state index contributed by atoms with van der Waals surface area (Å²) in [5.74, 6) is -0.327. The highest BCUT2D eigenvalue weighted by molar-refractivity contribution is 7.17. The molecule has 0 aliphatic carbocycles. The number of hydrogen-bond donors (Lipinski definition) is 0. The van der Waals surface area contributed by atoms with Crippen molar-refractivity contribution < 1.29 is 14.3 Å². The number of aromatic nitrogens is 2. The summed E-state index contributed by atoms with van der Waals surface area (Å²) in [7, 11) is 0. The first kappa shape index (κ1) is 20.4. The molecule has 2 aromatic carbocycles. The van der Waals surface area contributed by atoms with Crippen LogP contribution >= 0.6 is 22.7 Å². The number of carbonyl (C=O) groups excluding carboxylic acids is 2. The van der Waals surface area contributed by atoms with Crippen LogP contribution in [0.15, 0.2) is 46.9 Å². The van der Waals surface area contributed by atoms with Gasteiger partial charge in [-0.2, -0.15) is 4.99 Å². The Hall–Kier alpha value is -2.84. The molecule has 0 aliphatic rings. The molecule has 154 valence electrons. The van der Waals surface area contributed by atoms with Crippen LogP contribution in [0.5, 0.6) is 0 Å². The van der Waals surface area contributed by atoms with E-state index >= 15 is 0 Å². The third kappa shape index (κ3) is 4.06. The van der Waals surface area contributed by atoms with Crippen molar-refractivity contribution in [2.24, 2.45) is 4.99 Å². The van der Waals surface area contributed by atoms with E-state index in [-0.39, 0.29) is 18.4 Å². The maximum Gasteiger partial charge on any atom is 0.326 e. The van der Waals surface area contributed by atoms with Crippen LogP contribution in [0.25, 0.3) is 20.4 Å². The summed E-state index contributed by atoms with van der Waals surface area (Å²) in [4.78, 5) is 34.2. The van der Waals surface area contributed by atoms with Crippen molar-refractivity contribution in [3.8, 4) is 0 Å². The van der Waals surface area contributed by atoms with Crippen molar-refractivity contribution in [3.05, 3.63) is 57.8 Å². The second-order valence-electron chi connectivity index (χ2n) is 7.11. The van der Waals surface area contributed by atoms with E-state index < -0.39 is 0 Å². The van der Waals surface area contributed by atoms with Gasteiger partial charge in [-0.05, 0) is 48.7 Å². The molecule has 0 radical (unpaired) electrons. The summed E-state index contributed by atoms with van der Waals surface area (Å²) in [5, 5.41) is 0. The van der Waals surface area contributed by atoms with Gasteiger partial charge < -0.3 is 9.30 Å². The molecule has 8 heteroatoms. The van der Waals surface area contributed by atoms with Gasteiger partial charge in [0.1, 0.15) is 6.54 Å². The monoisotopic (exact) mass is 439 g/mol. The Morgan fingerprint density at radius 1 is 1.17 bits per heavy atom. The molecule has 6 nitrogen and oxygen atoms in total. The van der Waals surface area contributed by atoms with Crippen LogP contribution in [0.2, 0.25) is 0 Å². The molecule has 2 heterocycles. The van der Waals surface area contributed by atoms with Gasteiger partial charge in [-0.15, -0.1) is 11.3 Å². The molecular weight excluding hydrogens is 418 g/mol. The Balaban J connectivity index is 1.81. The van der Waals surface area contributed by atoms with Crippen LogP contribution < -0.4 is 4.80 Å². The van der Waals surface area contributed by atoms with Crippen LogP contribution in [0.4, 0.5) is 0 Å². The van der Waals surface area contributed by atoms with Crippen molar-refractivity contribution in [1.82, 2.24) is 9.55 Å². The maximum atomic E-state index is 12.9. The number of benzene rings is 2. The average molecular weight is 440 g/mol. The van der Waals surface area contributed by atoms with E-state index in [0.717, 1.165) is 20.4 Å². The van der Waals surface area contributed by atoms with Gasteiger partial charge in [0.25, 0.3) is 5.91 Å². The highest BCUT2D eigenvalue weighted by atomic mass is 32.1. The lowest BCUT2D eigenvalue weighted by atomic mass is 10.0. The summed E-state index contributed by atoms with van der Waals surface area (Å²) >= 11 is 2.88. The van der Waals surface area contributed by atoms with Gasteiger partial charge in [-0.1, -0.05) is 31.3 Å². The minimum absolute atomic E-state index is 0.00879. The predicted octanol–water partition coefficient (Wildman–Crippen LogP) is 4.74. The number of esters is 1. The highest BCUT2D eigenvalue weighted by Crippen LogP contribution is 2.24. The van der Waals surface area contributed by atoms with Crippen molar-refractivity contribution in [2.75, 3.05) is 6.61 Å². The third-order valence-corrected chi connectivity index (χ3v) is 6.57. The van der Waals surface area contributed by atoms with Crippen molar-refractivity contribution in [2.45, 2.75) is 33.2 Å². The second-order valence-corrected chi connectivity index (χ2v) is 9.00. The van der Waals surface area contributed by atoms with E-state index in [2.05, 4.69) is 29.9 Å². The zero-order chi connectivity index (χ0) is 21.3. The van der Waals surface area contributed by atoms with Gasteiger partial charge in [-0.3, -0.25) is 9.59 Å². The van der Waals surface area contributed by atoms with Gasteiger partial charge in [0.15, 0.2) is 4.80 Å². The molecule has 30 heavy (non-hydrogen) atoms. The first-order valence-corrected chi connectivity index (χ1v) is 11.4. The van der Waals surface area contributed by atoms with E-state index in [1.165, 1.54) is 28.2 Å². The summed E-state index contributed by atoms with van der Waals surface area (Å²) in [6.07, 6.45) is 0. The molecule has 0 atom stereocenters. The summed E-state index contributed by atoms with van der Waals surface area (Å²) in [6, 6.07) is 11.5. The summed E-state index contributed by atoms with van der Waals surface area (Å²) in [6.45, 7) is 6.35. The molecule has 0 fully saturated rings. The number of hydrogen-bond acceptors (Lipinski definition) is 6. The first-order chi connectivity index (χ1) is 14.5. The average Bonchev–Trinajstić information content (AvgIpc) is 3.31. The van der Waals surface area contributed by atoms with E-state index in [9.17, 15) is 9.59 Å². The number of rotatable bonds is 5. The molecule has 0 unspecified atom stereocenters. The quantitative estimate of drug-likeness (QED) is 0.421. The number of carbonyl (C=O) groups is 2. The number of ether oxygens (including phenoxy) is 1. The SMILES string of the molecule is CCOC(=O)Cn1c(=NC(=O)c2ccc3ncsc3c2)sc2cc(C(C)C)ccc21. The fourth-order valence-corrected chi connectivity index (χ4v) is 4.95. The smallest absolute Gasteiger partial charge is 0.326 e. The third-order valence-electron chi connectivity index (χ3n) is 4.74. The van der Waals surface area contributed by atoms with E-state index in [1.807, 2.05) is 18.2 Å². The van der Waals surface area contributed by atoms with E-state index in [0.29, 0.717) is 22.9 Å². The van der Waals surface area contributed by atoms with E-state index in [4.69, 9.17) is 4.74 Å². The topological polar surface area (TPSA) is 73.6 Å². The van der Waals surface area contributed by atoms with Crippen molar-refractivity contribution >= 4 is 55.0 Å². The normalized spacial score (nSPS) is 12.2. The zero-order valence-corrected chi connectivity index (χ0v) is 18.5. The Morgan fingerprint density at radius 3 is 2.77 bits per heavy atom. The van der Waals surface area contributed by atoms with Gasteiger partial charge in [0.05, 0.1) is 32.6 Å². The van der Waals surface area contributed by atoms with Crippen LogP contribution in [-0.2, 0) is 16.1 Å². The van der Waals surface area contributed by atoms with Crippen LogP contribution in [0.1, 0.15) is 42.6 Å². The minimum atomic E-state index is -0.356. The number of fused-ring (bicyclic) bond motifs is 2. The van der Waals surface area contributed by atoms with Gasteiger partial charge in [-0.25, -0.2) is 4.98 Å². The largest absolute Gasteiger partial charge is 0.465 e. The molecule has 0 N–H and O–H groups in total. The highest BCUT2D eigenvalue weighted by Gasteiger charge is 2.14. The minimum Gasteiger partial charge on any atom is -0.465 e. The molecule has 0 aliphatic heterocycles. The molecule has 2 aromatic heterocycles. The molecule has 0 saturated carbocycles. The maximum absolute atomic E-state index is 12.9. The van der Waals surface area contributed by atoms with Gasteiger partial charge in [0.2, 0.25) is 0 Å². The lowest BCUT2D eigenvalue weighted by molar-refractivity contribution is -0.143. The number of thiazole rings is 2. The fraction of sp³-hybridized carbons (Fsp3) is 0.273. The molecule has 4 aromatic rings. The Morgan fingerprint density at radius 2 is 2.00 bits per heavy atom. The zero-order valence-electron chi connectivity index (χ0n) is 16.9. The second kappa shape index (κ2) is 8.49. The van der Waals surface area contributed by atoms with Crippen molar-refractivity contribution in [1.29, 1.82) is 0 Å². The van der Waals surface area contributed by atoms with Crippen molar-refractivity contribution in [3.63, 3.8) is 0 Å². The Labute approximate surface area is 181 Å². The fourth-order valence-electron chi connectivity index (χ4n) is 3.16. The predicted molar refractivity (Wildman–Crippen MR) is 120 cm³/mol. The van der Waals surface area contributed by atoms with E-state index in [1.54, 1.807) is 29.1 Å². The Bertz CT molecular complexity index is 1310. The van der Waals surface area contributed by atoms with Crippen LogP contribution in [0, 0.1) is 0 Å². The molecule has 0 saturated heterocycles. The summed E-state index contributed by atoms with van der Waals surface area (Å²) < 4.78 is 8.80. The first-order valence-electron chi connectivity index (χ1n) is 9.67. The number of nitrogens with zero attached hydrogens (tertiary/aromatic N) is 3. The van der Waals surface area contributed by atoms with Crippen LogP contribution in [-0.4, -0.2) is 28.0 Å². The molecule has 0 spiro atoms. The molecule has 1 amide bonds. The lowest BCUT2D eigenvalue weighted by Crippen LogP contribution is -2.23. The van der Waals surface area contributed by atoms with Crippen LogP contribution in [0.3, 0.4) is 0 Å². The molecule has 0 bridgehead atoms. The standard InChI is InChI=1S/C22H21N3O3S2/c1-4-28-20(26)11-25-17-8-6-14(13(2)3)9-19(17)30-22(25)24-21(27)15-5-7-16-18(10-15)29-12-23-16/h5-10,12-13H,4,11H2,1-3H3.